The molecule has 98 valence electrons. The molecule has 1 aliphatic carbocycles. The summed E-state index contributed by atoms with van der Waals surface area (Å²) >= 11 is 3.35. The van der Waals surface area contributed by atoms with Gasteiger partial charge in [-0.15, -0.1) is 0 Å². The molecule has 6 heteroatoms. The van der Waals surface area contributed by atoms with Gasteiger partial charge in [-0.05, 0) is 34.8 Å². The van der Waals surface area contributed by atoms with E-state index in [1.54, 1.807) is 6.07 Å². The largest absolute Gasteiger partial charge is 0.380 e. The van der Waals surface area contributed by atoms with Crippen LogP contribution in [0.25, 0.3) is 0 Å². The molecule has 2 rings (SSSR count). The minimum Gasteiger partial charge on any atom is -0.380 e. The zero-order valence-electron chi connectivity index (χ0n) is 9.93. The Bertz CT molecular complexity index is 453. The predicted octanol–water partition coefficient (Wildman–Crippen LogP) is 3.04. The van der Waals surface area contributed by atoms with Crippen molar-refractivity contribution in [1.29, 1.82) is 0 Å². The minimum absolute atomic E-state index is 0.0837. The van der Waals surface area contributed by atoms with Crippen LogP contribution in [0, 0.1) is 10.1 Å². The van der Waals surface area contributed by atoms with Gasteiger partial charge in [-0.2, -0.15) is 0 Å². The van der Waals surface area contributed by atoms with Crippen LogP contribution in [-0.2, 0) is 0 Å². The normalized spacial score (nSPS) is 23.7. The Morgan fingerprint density at radius 1 is 1.39 bits per heavy atom. The number of benzene rings is 1. The maximum atomic E-state index is 10.7. The molecule has 0 aromatic heterocycles. The van der Waals surface area contributed by atoms with E-state index in [0.29, 0.717) is 4.47 Å². The van der Waals surface area contributed by atoms with E-state index in [-0.39, 0.29) is 17.8 Å². The molecule has 0 saturated heterocycles. The van der Waals surface area contributed by atoms with Gasteiger partial charge in [0.2, 0.25) is 0 Å². The van der Waals surface area contributed by atoms with E-state index in [9.17, 15) is 10.1 Å². The van der Waals surface area contributed by atoms with Gasteiger partial charge in [0.1, 0.15) is 0 Å². The average Bonchev–Trinajstić information content (AvgIpc) is 2.34. The molecule has 3 N–H and O–H groups in total. The summed E-state index contributed by atoms with van der Waals surface area (Å²) in [7, 11) is 0. The number of non-ortho nitro benzene ring substituents is 1. The molecule has 5 nitrogen and oxygen atoms in total. The molecule has 1 aromatic rings. The molecule has 0 spiro atoms. The van der Waals surface area contributed by atoms with Crippen molar-refractivity contribution in [2.75, 3.05) is 5.32 Å². The maximum absolute atomic E-state index is 10.7. The average molecular weight is 314 g/mol. The van der Waals surface area contributed by atoms with Crippen LogP contribution < -0.4 is 11.1 Å². The molecule has 0 bridgehead atoms. The maximum Gasteiger partial charge on any atom is 0.270 e. The third-order valence-corrected chi connectivity index (χ3v) is 3.98. The highest BCUT2D eigenvalue weighted by molar-refractivity contribution is 9.10. The van der Waals surface area contributed by atoms with E-state index in [1.807, 2.05) is 0 Å². The molecule has 2 atom stereocenters. The van der Waals surface area contributed by atoms with Gasteiger partial charge in [-0.25, -0.2) is 0 Å². The molecular formula is C12H16BrN3O2. The zero-order valence-corrected chi connectivity index (χ0v) is 11.5. The Morgan fingerprint density at radius 3 is 2.72 bits per heavy atom. The summed E-state index contributed by atoms with van der Waals surface area (Å²) in [5.74, 6) is 0. The van der Waals surface area contributed by atoms with Gasteiger partial charge in [0, 0.05) is 34.4 Å². The molecule has 1 aliphatic rings. The van der Waals surface area contributed by atoms with Gasteiger partial charge in [0.15, 0.2) is 0 Å². The van der Waals surface area contributed by atoms with Crippen molar-refractivity contribution in [2.45, 2.75) is 37.8 Å². The Kier molecular flexibility index (Phi) is 4.19. The quantitative estimate of drug-likeness (QED) is 0.664. The van der Waals surface area contributed by atoms with Crippen molar-refractivity contribution in [3.63, 3.8) is 0 Å². The van der Waals surface area contributed by atoms with Gasteiger partial charge >= 0.3 is 0 Å². The summed E-state index contributed by atoms with van der Waals surface area (Å²) in [4.78, 5) is 10.2. The van der Waals surface area contributed by atoms with Crippen molar-refractivity contribution in [3.8, 4) is 0 Å². The number of anilines is 1. The van der Waals surface area contributed by atoms with Gasteiger partial charge in [-0.3, -0.25) is 10.1 Å². The molecule has 0 amide bonds. The second-order valence-electron chi connectivity index (χ2n) is 4.62. The van der Waals surface area contributed by atoms with Crippen molar-refractivity contribution in [3.05, 3.63) is 32.8 Å². The molecule has 1 aromatic carbocycles. The van der Waals surface area contributed by atoms with E-state index >= 15 is 0 Å². The standard InChI is InChI=1S/C12H16BrN3O2/c13-9-7-8(16(17)18)5-6-11(9)15-12-4-2-1-3-10(12)14/h5-7,10,12,15H,1-4,14H2/t10-,12-/m1/s1. The van der Waals surface area contributed by atoms with E-state index < -0.39 is 4.92 Å². The third-order valence-electron chi connectivity index (χ3n) is 3.32. The van der Waals surface area contributed by atoms with Crippen molar-refractivity contribution >= 4 is 27.3 Å². The molecular weight excluding hydrogens is 298 g/mol. The lowest BCUT2D eigenvalue weighted by Crippen LogP contribution is -2.42. The fraction of sp³-hybridized carbons (Fsp3) is 0.500. The van der Waals surface area contributed by atoms with Crippen LogP contribution in [0.2, 0.25) is 0 Å². The van der Waals surface area contributed by atoms with Crippen molar-refractivity contribution < 1.29 is 4.92 Å². The van der Waals surface area contributed by atoms with E-state index in [0.717, 1.165) is 18.5 Å². The highest BCUT2D eigenvalue weighted by atomic mass is 79.9. The number of nitrogens with one attached hydrogen (secondary N) is 1. The Balaban J connectivity index is 2.11. The summed E-state index contributed by atoms with van der Waals surface area (Å²) in [6.45, 7) is 0. The SMILES string of the molecule is N[C@@H]1CCCC[C@H]1Nc1ccc([N+](=O)[O-])cc1Br. The lowest BCUT2D eigenvalue weighted by Gasteiger charge is -2.30. The van der Waals surface area contributed by atoms with E-state index in [2.05, 4.69) is 21.2 Å². The highest BCUT2D eigenvalue weighted by Gasteiger charge is 2.22. The van der Waals surface area contributed by atoms with E-state index in [4.69, 9.17) is 5.73 Å². The summed E-state index contributed by atoms with van der Waals surface area (Å²) in [6.07, 6.45) is 4.43. The second kappa shape index (κ2) is 5.67. The van der Waals surface area contributed by atoms with Crippen LogP contribution in [0.3, 0.4) is 0 Å². The number of hydrogen-bond donors (Lipinski definition) is 2. The molecule has 0 heterocycles. The Morgan fingerprint density at radius 2 is 2.11 bits per heavy atom. The topological polar surface area (TPSA) is 81.2 Å². The minimum atomic E-state index is -0.402. The Hall–Kier alpha value is -1.14. The highest BCUT2D eigenvalue weighted by Crippen LogP contribution is 2.29. The summed E-state index contributed by atoms with van der Waals surface area (Å²) in [5, 5.41) is 14.0. The third kappa shape index (κ3) is 3.00. The van der Waals surface area contributed by atoms with Gasteiger partial charge < -0.3 is 11.1 Å². The lowest BCUT2D eigenvalue weighted by molar-refractivity contribution is -0.384. The molecule has 1 saturated carbocycles. The van der Waals surface area contributed by atoms with Gasteiger partial charge in [0.25, 0.3) is 5.69 Å². The molecule has 1 fully saturated rings. The number of hydrogen-bond acceptors (Lipinski definition) is 4. The summed E-state index contributed by atoms with van der Waals surface area (Å²) < 4.78 is 0.703. The molecule has 0 unspecified atom stereocenters. The first-order valence-electron chi connectivity index (χ1n) is 6.04. The first kappa shape index (κ1) is 13.3. The number of nitro groups is 1. The molecule has 0 radical (unpaired) electrons. The van der Waals surface area contributed by atoms with Gasteiger partial charge in [-0.1, -0.05) is 12.8 Å². The fourth-order valence-corrected chi connectivity index (χ4v) is 2.75. The monoisotopic (exact) mass is 313 g/mol. The lowest BCUT2D eigenvalue weighted by atomic mass is 9.91. The first-order valence-corrected chi connectivity index (χ1v) is 6.83. The summed E-state index contributed by atoms with van der Waals surface area (Å²) in [6, 6.07) is 5.14. The number of halogens is 1. The number of rotatable bonds is 3. The van der Waals surface area contributed by atoms with Crippen LogP contribution in [0.4, 0.5) is 11.4 Å². The van der Waals surface area contributed by atoms with Crippen LogP contribution in [0.15, 0.2) is 22.7 Å². The van der Waals surface area contributed by atoms with Crippen molar-refractivity contribution in [2.24, 2.45) is 5.73 Å². The molecule has 0 aliphatic heterocycles. The van der Waals surface area contributed by atoms with Crippen molar-refractivity contribution in [1.82, 2.24) is 0 Å². The van der Waals surface area contributed by atoms with Crippen LogP contribution in [-0.4, -0.2) is 17.0 Å². The molecule has 18 heavy (non-hydrogen) atoms. The van der Waals surface area contributed by atoms with Crippen LogP contribution >= 0.6 is 15.9 Å². The van der Waals surface area contributed by atoms with Crippen LogP contribution in [0.1, 0.15) is 25.7 Å². The predicted molar refractivity (Wildman–Crippen MR) is 74.7 cm³/mol. The smallest absolute Gasteiger partial charge is 0.270 e. The number of nitrogens with two attached hydrogens (primary N) is 1. The van der Waals surface area contributed by atoms with Gasteiger partial charge in [0.05, 0.1) is 4.92 Å². The number of nitro benzene ring substituents is 1. The van der Waals surface area contributed by atoms with E-state index in [1.165, 1.54) is 25.0 Å². The summed E-state index contributed by atoms with van der Waals surface area (Å²) in [5.41, 5.74) is 7.02. The number of nitrogens with zero attached hydrogens (tertiary/aromatic N) is 1. The fourth-order valence-electron chi connectivity index (χ4n) is 2.27. The second-order valence-corrected chi connectivity index (χ2v) is 5.47. The van der Waals surface area contributed by atoms with Crippen LogP contribution in [0.5, 0.6) is 0 Å². The zero-order chi connectivity index (χ0) is 13.1. The first-order chi connectivity index (χ1) is 8.58. The Labute approximate surface area is 114 Å².